The van der Waals surface area contributed by atoms with E-state index in [-0.39, 0.29) is 0 Å². The Morgan fingerprint density at radius 3 is 2.00 bits per heavy atom. The number of aldehydes is 1. The van der Waals surface area contributed by atoms with Gasteiger partial charge in [-0.3, -0.25) is 4.79 Å². The normalized spacial score (nSPS) is 13.2. The summed E-state index contributed by atoms with van der Waals surface area (Å²) in [5, 5.41) is 0. The van der Waals surface area contributed by atoms with E-state index >= 15 is 0 Å². The number of hydrogen-bond donors (Lipinski definition) is 0. The van der Waals surface area contributed by atoms with Crippen molar-refractivity contribution < 1.29 is 26.4 Å². The lowest BCUT2D eigenvalue weighted by Gasteiger charge is -2.07. The van der Waals surface area contributed by atoms with Crippen LogP contribution in [0.2, 0.25) is 0 Å². The molecule has 0 fully saturated rings. The van der Waals surface area contributed by atoms with Gasteiger partial charge in [0.25, 0.3) is 9.84 Å². The van der Waals surface area contributed by atoms with Crippen molar-refractivity contribution in [1.82, 2.24) is 0 Å². The number of allylic oxidation sites excluding steroid dienone is 3. The van der Waals surface area contributed by atoms with Crippen molar-refractivity contribution in [3.8, 4) is 0 Å². The van der Waals surface area contributed by atoms with Crippen molar-refractivity contribution >= 4 is 22.2 Å². The first-order valence-electron chi connectivity index (χ1n) is 4.99. The molecule has 102 valence electrons. The van der Waals surface area contributed by atoms with Crippen LogP contribution >= 0.6 is 0 Å². The largest absolute Gasteiger partial charge is 0.501 e. The van der Waals surface area contributed by atoms with Crippen LogP contribution in [0.5, 0.6) is 0 Å². The summed E-state index contributed by atoms with van der Waals surface area (Å²) < 4.78 is 58.9. The number of alkyl halides is 3. The number of benzene rings is 1. The molecule has 0 aromatic heterocycles. The molecular weight excluding hydrogens is 281 g/mol. The molecule has 0 heterocycles. The maximum atomic E-state index is 12.3. The maximum Gasteiger partial charge on any atom is 0.501 e. The van der Waals surface area contributed by atoms with Crippen LogP contribution in [0.15, 0.2) is 47.4 Å². The Labute approximate surface area is 108 Å². The third-order valence-corrected chi connectivity index (χ3v) is 3.59. The summed E-state index contributed by atoms with van der Waals surface area (Å²) in [6, 6.07) is 4.24. The molecule has 0 unspecified atom stereocenters. The molecular formula is C12H9F3O3S. The van der Waals surface area contributed by atoms with Gasteiger partial charge < -0.3 is 0 Å². The molecule has 1 rings (SSSR count). The highest BCUT2D eigenvalue weighted by Crippen LogP contribution is 2.30. The Morgan fingerprint density at radius 1 is 0.947 bits per heavy atom. The van der Waals surface area contributed by atoms with E-state index in [4.69, 9.17) is 0 Å². The van der Waals surface area contributed by atoms with E-state index in [0.717, 1.165) is 12.1 Å². The zero-order chi connectivity index (χ0) is 14.5. The fraction of sp³-hybridized carbons (Fsp3) is 0.0833. The maximum absolute atomic E-state index is 12.3. The molecule has 0 saturated heterocycles. The molecule has 0 saturated carbocycles. The standard InChI is InChI=1S/C12H9F3O3S/c13-12(14,15)19(17,18)11-7-5-10(6-8-11)4-2-1-3-9-16/h1-9H/b3-1+,4-2+. The number of sulfone groups is 1. The topological polar surface area (TPSA) is 51.2 Å². The third-order valence-electron chi connectivity index (χ3n) is 2.08. The smallest absolute Gasteiger partial charge is 0.299 e. The summed E-state index contributed by atoms with van der Waals surface area (Å²) in [6.07, 6.45) is 6.27. The Kier molecular flexibility index (Phi) is 4.66. The summed E-state index contributed by atoms with van der Waals surface area (Å²) in [5.41, 5.74) is -4.80. The van der Waals surface area contributed by atoms with Gasteiger partial charge in [-0.25, -0.2) is 8.42 Å². The van der Waals surface area contributed by atoms with Gasteiger partial charge in [0.15, 0.2) is 0 Å². The van der Waals surface area contributed by atoms with Crippen LogP contribution in [-0.4, -0.2) is 20.2 Å². The van der Waals surface area contributed by atoms with E-state index in [2.05, 4.69) is 0 Å². The second-order valence-electron chi connectivity index (χ2n) is 3.40. The molecule has 0 aliphatic rings. The highest BCUT2D eigenvalue weighted by Gasteiger charge is 2.46. The third kappa shape index (κ3) is 3.78. The lowest BCUT2D eigenvalue weighted by atomic mass is 10.2. The molecule has 0 aliphatic carbocycles. The number of hydrogen-bond acceptors (Lipinski definition) is 3. The van der Waals surface area contributed by atoms with E-state index < -0.39 is 20.2 Å². The van der Waals surface area contributed by atoms with Crippen LogP contribution in [0.3, 0.4) is 0 Å². The Balaban J connectivity index is 2.98. The van der Waals surface area contributed by atoms with Gasteiger partial charge in [-0.05, 0) is 23.8 Å². The van der Waals surface area contributed by atoms with Gasteiger partial charge in [0.05, 0.1) is 4.90 Å². The van der Waals surface area contributed by atoms with Gasteiger partial charge in [-0.2, -0.15) is 13.2 Å². The highest BCUT2D eigenvalue weighted by molar-refractivity contribution is 7.92. The molecule has 0 spiro atoms. The SMILES string of the molecule is O=C/C=C/C=C/c1ccc(S(=O)(=O)C(F)(F)F)cc1. The van der Waals surface area contributed by atoms with Gasteiger partial charge >= 0.3 is 5.51 Å². The number of rotatable bonds is 4. The lowest BCUT2D eigenvalue weighted by Crippen LogP contribution is -2.23. The lowest BCUT2D eigenvalue weighted by molar-refractivity contribution is -0.104. The van der Waals surface area contributed by atoms with Crippen LogP contribution in [0.4, 0.5) is 13.2 Å². The molecule has 0 radical (unpaired) electrons. The van der Waals surface area contributed by atoms with E-state index in [0.29, 0.717) is 11.8 Å². The zero-order valence-corrected chi connectivity index (χ0v) is 10.3. The summed E-state index contributed by atoms with van der Waals surface area (Å²) in [5.74, 6) is 0. The molecule has 0 atom stereocenters. The fourth-order valence-corrected chi connectivity index (χ4v) is 1.93. The van der Waals surface area contributed by atoms with Crippen molar-refractivity contribution in [2.24, 2.45) is 0 Å². The van der Waals surface area contributed by atoms with Gasteiger partial charge in [0.1, 0.15) is 6.29 Å². The molecule has 0 amide bonds. The summed E-state index contributed by atoms with van der Waals surface area (Å²) in [7, 11) is -5.31. The van der Waals surface area contributed by atoms with Crippen LogP contribution < -0.4 is 0 Å². The van der Waals surface area contributed by atoms with Crippen molar-refractivity contribution in [2.45, 2.75) is 10.4 Å². The van der Waals surface area contributed by atoms with Crippen LogP contribution in [0, 0.1) is 0 Å². The Hall–Kier alpha value is -1.89. The van der Waals surface area contributed by atoms with E-state index in [1.54, 1.807) is 0 Å². The predicted octanol–water partition coefficient (Wildman–Crippen LogP) is 2.75. The van der Waals surface area contributed by atoms with Gasteiger partial charge in [0.2, 0.25) is 0 Å². The molecule has 7 heteroatoms. The first-order chi connectivity index (χ1) is 8.79. The van der Waals surface area contributed by atoms with E-state index in [9.17, 15) is 26.4 Å². The quantitative estimate of drug-likeness (QED) is 0.487. The average molecular weight is 290 g/mol. The average Bonchev–Trinajstić information content (AvgIpc) is 2.34. The minimum Gasteiger partial charge on any atom is -0.299 e. The second-order valence-corrected chi connectivity index (χ2v) is 5.34. The van der Waals surface area contributed by atoms with E-state index in [1.807, 2.05) is 0 Å². The molecule has 1 aromatic rings. The van der Waals surface area contributed by atoms with Crippen molar-refractivity contribution in [1.29, 1.82) is 0 Å². The van der Waals surface area contributed by atoms with Crippen molar-refractivity contribution in [3.05, 3.63) is 48.1 Å². The predicted molar refractivity (Wildman–Crippen MR) is 63.9 cm³/mol. The molecule has 0 N–H and O–H groups in total. The molecule has 19 heavy (non-hydrogen) atoms. The number of carbonyl (C=O) groups is 1. The monoisotopic (exact) mass is 290 g/mol. The van der Waals surface area contributed by atoms with Crippen LogP contribution in [0.25, 0.3) is 6.08 Å². The fourth-order valence-electron chi connectivity index (χ4n) is 1.17. The zero-order valence-electron chi connectivity index (χ0n) is 9.46. The number of halogens is 3. The van der Waals surface area contributed by atoms with Crippen LogP contribution in [-0.2, 0) is 14.6 Å². The minimum atomic E-state index is -5.31. The molecule has 0 bridgehead atoms. The first kappa shape index (κ1) is 15.2. The Bertz CT molecular complexity index is 596. The Morgan fingerprint density at radius 2 is 1.53 bits per heavy atom. The summed E-state index contributed by atoms with van der Waals surface area (Å²) >= 11 is 0. The minimum absolute atomic E-state index is 0.511. The van der Waals surface area contributed by atoms with Gasteiger partial charge in [-0.15, -0.1) is 0 Å². The summed E-state index contributed by atoms with van der Waals surface area (Å²) in [4.78, 5) is 9.17. The van der Waals surface area contributed by atoms with Gasteiger partial charge in [-0.1, -0.05) is 30.4 Å². The number of carbonyl (C=O) groups excluding carboxylic acids is 1. The highest BCUT2D eigenvalue weighted by atomic mass is 32.2. The molecule has 1 aromatic carbocycles. The second kappa shape index (κ2) is 5.83. The molecule has 0 aliphatic heterocycles. The van der Waals surface area contributed by atoms with Crippen molar-refractivity contribution in [2.75, 3.05) is 0 Å². The van der Waals surface area contributed by atoms with Gasteiger partial charge in [0, 0.05) is 0 Å². The molecule has 3 nitrogen and oxygen atoms in total. The van der Waals surface area contributed by atoms with Crippen molar-refractivity contribution in [3.63, 3.8) is 0 Å². The van der Waals surface area contributed by atoms with Crippen LogP contribution in [0.1, 0.15) is 5.56 Å². The summed E-state index contributed by atoms with van der Waals surface area (Å²) in [6.45, 7) is 0. The van der Waals surface area contributed by atoms with E-state index in [1.165, 1.54) is 36.4 Å². The first-order valence-corrected chi connectivity index (χ1v) is 6.47.